The number of rotatable bonds is 7. The summed E-state index contributed by atoms with van der Waals surface area (Å²) < 4.78 is 7.07. The zero-order valence-corrected chi connectivity index (χ0v) is 16.7. The van der Waals surface area contributed by atoms with Gasteiger partial charge in [-0.2, -0.15) is 0 Å². The number of halogens is 1. The van der Waals surface area contributed by atoms with E-state index >= 15 is 0 Å². The lowest BCUT2D eigenvalue weighted by atomic mass is 10.1. The second-order valence-electron chi connectivity index (χ2n) is 6.66. The summed E-state index contributed by atoms with van der Waals surface area (Å²) in [5, 5.41) is 14.6. The van der Waals surface area contributed by atoms with Crippen molar-refractivity contribution in [1.82, 2.24) is 25.6 Å². The molecule has 27 heavy (non-hydrogen) atoms. The molecule has 0 unspecified atom stereocenters. The van der Waals surface area contributed by atoms with Crippen LogP contribution in [0.2, 0.25) is 0 Å². The van der Waals surface area contributed by atoms with Gasteiger partial charge < -0.3 is 15.4 Å². The van der Waals surface area contributed by atoms with Crippen molar-refractivity contribution in [3.8, 4) is 5.75 Å². The van der Waals surface area contributed by atoms with Crippen molar-refractivity contribution < 1.29 is 9.53 Å². The van der Waals surface area contributed by atoms with Crippen LogP contribution in [-0.2, 0) is 6.42 Å². The van der Waals surface area contributed by atoms with E-state index in [0.29, 0.717) is 18.3 Å². The predicted octanol–water partition coefficient (Wildman–Crippen LogP) is 2.30. The van der Waals surface area contributed by atoms with Gasteiger partial charge in [0.1, 0.15) is 5.75 Å². The first-order valence-electron chi connectivity index (χ1n) is 9.22. The number of hydrogen-bond acceptors (Lipinski definition) is 5. The molecule has 0 atom stereocenters. The molecule has 1 amide bonds. The maximum absolute atomic E-state index is 12.4. The lowest BCUT2D eigenvalue weighted by Crippen LogP contribution is -2.30. The van der Waals surface area contributed by atoms with Gasteiger partial charge in [-0.05, 0) is 63.4 Å². The zero-order chi connectivity index (χ0) is 18.4. The zero-order valence-electron chi connectivity index (χ0n) is 15.9. The molecule has 1 fully saturated rings. The van der Waals surface area contributed by atoms with E-state index in [1.807, 2.05) is 23.7 Å². The van der Waals surface area contributed by atoms with Crippen LogP contribution in [0.5, 0.6) is 5.75 Å². The Labute approximate surface area is 166 Å². The average Bonchev–Trinajstić information content (AvgIpc) is 3.07. The van der Waals surface area contributed by atoms with Crippen LogP contribution < -0.4 is 15.4 Å². The number of nitrogens with one attached hydrogen (secondary N) is 2. The minimum Gasteiger partial charge on any atom is -0.497 e. The van der Waals surface area contributed by atoms with E-state index in [-0.39, 0.29) is 18.3 Å². The van der Waals surface area contributed by atoms with Crippen molar-refractivity contribution in [2.75, 3.05) is 26.7 Å². The van der Waals surface area contributed by atoms with Gasteiger partial charge in [0.25, 0.3) is 5.91 Å². The molecule has 7 nitrogen and oxygen atoms in total. The van der Waals surface area contributed by atoms with Crippen molar-refractivity contribution in [2.45, 2.75) is 38.6 Å². The highest BCUT2D eigenvalue weighted by Crippen LogP contribution is 2.20. The average molecular weight is 394 g/mol. The van der Waals surface area contributed by atoms with Crippen LogP contribution in [0.4, 0.5) is 0 Å². The number of ether oxygens (including phenoxy) is 1. The molecule has 2 aromatic rings. The van der Waals surface area contributed by atoms with Crippen LogP contribution in [-0.4, -0.2) is 47.6 Å². The Balaban J connectivity index is 0.00000261. The highest BCUT2D eigenvalue weighted by molar-refractivity contribution is 5.93. The minimum absolute atomic E-state index is 0. The summed E-state index contributed by atoms with van der Waals surface area (Å²) in [6.45, 7) is 4.51. The van der Waals surface area contributed by atoms with Crippen LogP contribution in [0.3, 0.4) is 0 Å². The van der Waals surface area contributed by atoms with Gasteiger partial charge in [0.15, 0.2) is 5.69 Å². The molecule has 148 valence electrons. The molecule has 3 rings (SSSR count). The van der Waals surface area contributed by atoms with Gasteiger partial charge >= 0.3 is 0 Å². The Hall–Kier alpha value is -2.12. The number of aryl methyl sites for hydroxylation is 1. The lowest BCUT2D eigenvalue weighted by molar-refractivity contribution is 0.0947. The van der Waals surface area contributed by atoms with Crippen LogP contribution in [0.1, 0.15) is 47.1 Å². The van der Waals surface area contributed by atoms with Gasteiger partial charge in [0.2, 0.25) is 0 Å². The molecule has 1 saturated heterocycles. The second kappa shape index (κ2) is 10.3. The van der Waals surface area contributed by atoms with Gasteiger partial charge in [-0.3, -0.25) is 4.79 Å². The minimum atomic E-state index is -0.141. The monoisotopic (exact) mass is 393 g/mol. The van der Waals surface area contributed by atoms with Crippen molar-refractivity contribution in [2.24, 2.45) is 0 Å². The third kappa shape index (κ3) is 5.43. The Morgan fingerprint density at radius 2 is 2.00 bits per heavy atom. The molecule has 1 aliphatic heterocycles. The second-order valence-corrected chi connectivity index (χ2v) is 6.66. The van der Waals surface area contributed by atoms with E-state index in [9.17, 15) is 4.79 Å². The first-order valence-corrected chi connectivity index (χ1v) is 9.22. The maximum Gasteiger partial charge on any atom is 0.273 e. The molecule has 1 aromatic heterocycles. The Bertz CT molecular complexity index is 726. The molecule has 0 aliphatic carbocycles. The number of piperidine rings is 1. The van der Waals surface area contributed by atoms with Crippen LogP contribution in [0.25, 0.3) is 0 Å². The standard InChI is InChI=1S/C19H27N5O2.ClH/c1-14-18(22-23-24(14)16-9-12-20-13-10-16)19(25)21-11-3-4-15-5-7-17(26-2)8-6-15;/h5-8,16,20H,3-4,9-13H2,1-2H3,(H,21,25);1H. The van der Waals surface area contributed by atoms with Crippen LogP contribution in [0, 0.1) is 6.92 Å². The number of benzene rings is 1. The smallest absolute Gasteiger partial charge is 0.273 e. The highest BCUT2D eigenvalue weighted by Gasteiger charge is 2.22. The third-order valence-corrected chi connectivity index (χ3v) is 4.88. The SMILES string of the molecule is COc1ccc(CCCNC(=O)c2nnn(C3CCNCC3)c2C)cc1.Cl. The molecular weight excluding hydrogens is 366 g/mol. The van der Waals surface area contributed by atoms with Crippen molar-refractivity contribution in [1.29, 1.82) is 0 Å². The van der Waals surface area contributed by atoms with Gasteiger partial charge in [-0.25, -0.2) is 4.68 Å². The van der Waals surface area contributed by atoms with Gasteiger partial charge in [-0.15, -0.1) is 17.5 Å². The quantitative estimate of drug-likeness (QED) is 0.705. The fourth-order valence-electron chi connectivity index (χ4n) is 3.32. The van der Waals surface area contributed by atoms with Gasteiger partial charge in [0, 0.05) is 6.54 Å². The Kier molecular flexibility index (Phi) is 8.06. The summed E-state index contributed by atoms with van der Waals surface area (Å²) in [5.41, 5.74) is 2.52. The van der Waals surface area contributed by atoms with Gasteiger partial charge in [0.05, 0.1) is 18.8 Å². The molecule has 0 spiro atoms. The molecule has 0 bridgehead atoms. The van der Waals surface area contributed by atoms with Crippen LogP contribution >= 0.6 is 12.4 Å². The Morgan fingerprint density at radius 3 is 2.67 bits per heavy atom. The topological polar surface area (TPSA) is 81.1 Å². The van der Waals surface area contributed by atoms with E-state index < -0.39 is 0 Å². The molecule has 1 aliphatic rings. The predicted molar refractivity (Wildman–Crippen MR) is 107 cm³/mol. The van der Waals surface area contributed by atoms with Crippen LogP contribution in [0.15, 0.2) is 24.3 Å². The van der Waals surface area contributed by atoms with E-state index in [4.69, 9.17) is 4.74 Å². The largest absolute Gasteiger partial charge is 0.497 e. The summed E-state index contributed by atoms with van der Waals surface area (Å²) in [7, 11) is 1.66. The van der Waals surface area contributed by atoms with Crippen molar-refractivity contribution >= 4 is 18.3 Å². The molecule has 2 heterocycles. The first kappa shape index (κ1) is 21.2. The van der Waals surface area contributed by atoms with Gasteiger partial charge in [-0.1, -0.05) is 17.3 Å². The molecule has 8 heteroatoms. The molecule has 0 saturated carbocycles. The van der Waals surface area contributed by atoms with E-state index in [1.54, 1.807) is 7.11 Å². The van der Waals surface area contributed by atoms with Crippen molar-refractivity contribution in [3.05, 3.63) is 41.2 Å². The lowest BCUT2D eigenvalue weighted by Gasteiger charge is -2.23. The number of carbonyl (C=O) groups excluding carboxylic acids is 1. The molecule has 0 radical (unpaired) electrons. The Morgan fingerprint density at radius 1 is 1.30 bits per heavy atom. The fraction of sp³-hybridized carbons (Fsp3) is 0.526. The van der Waals surface area contributed by atoms with Crippen molar-refractivity contribution in [3.63, 3.8) is 0 Å². The number of nitrogens with zero attached hydrogens (tertiary/aromatic N) is 3. The summed E-state index contributed by atoms with van der Waals surface area (Å²) in [5.74, 6) is 0.715. The highest BCUT2D eigenvalue weighted by atomic mass is 35.5. The number of carbonyl (C=O) groups is 1. The molecular formula is C19H28ClN5O2. The number of hydrogen-bond donors (Lipinski definition) is 2. The number of amides is 1. The van der Waals surface area contributed by atoms with E-state index in [2.05, 4.69) is 33.1 Å². The van der Waals surface area contributed by atoms with E-state index in [1.165, 1.54) is 5.56 Å². The summed E-state index contributed by atoms with van der Waals surface area (Å²) in [4.78, 5) is 12.4. The third-order valence-electron chi connectivity index (χ3n) is 4.88. The normalized spacial score (nSPS) is 14.4. The van der Waals surface area contributed by atoms with E-state index in [0.717, 1.165) is 50.2 Å². The fourth-order valence-corrected chi connectivity index (χ4v) is 3.32. The summed E-state index contributed by atoms with van der Waals surface area (Å²) >= 11 is 0. The maximum atomic E-state index is 12.4. The number of methoxy groups -OCH3 is 1. The molecule has 2 N–H and O–H groups in total. The molecule has 1 aromatic carbocycles. The first-order chi connectivity index (χ1) is 12.7. The number of aromatic nitrogens is 3. The summed E-state index contributed by atoms with van der Waals surface area (Å²) in [6, 6.07) is 8.35. The summed E-state index contributed by atoms with van der Waals surface area (Å²) in [6.07, 6.45) is 3.82.